The molecule has 0 aliphatic rings. The average molecular weight is 225 g/mol. The molecule has 6 nitrogen and oxygen atoms in total. The summed E-state index contributed by atoms with van der Waals surface area (Å²) in [4.78, 5) is 25.9. The highest BCUT2D eigenvalue weighted by Crippen LogP contribution is 2.20. The number of carboxylic acids is 1. The third-order valence-electron chi connectivity index (χ3n) is 1.84. The number of rotatable bonds is 4. The van der Waals surface area contributed by atoms with Gasteiger partial charge < -0.3 is 10.2 Å². The van der Waals surface area contributed by atoms with Gasteiger partial charge >= 0.3 is 5.97 Å². The van der Waals surface area contributed by atoms with Gasteiger partial charge in [0.2, 0.25) is 0 Å². The van der Waals surface area contributed by atoms with Gasteiger partial charge in [-0.3, -0.25) is 9.63 Å². The van der Waals surface area contributed by atoms with Gasteiger partial charge in [-0.2, -0.15) is 0 Å². The van der Waals surface area contributed by atoms with Crippen LogP contribution >= 0.6 is 0 Å². The Bertz CT molecular complexity index is 416. The Hall–Kier alpha value is -2.08. The summed E-state index contributed by atoms with van der Waals surface area (Å²) in [6, 6.07) is 4.65. The van der Waals surface area contributed by atoms with E-state index in [4.69, 9.17) is 5.11 Å². The van der Waals surface area contributed by atoms with Crippen LogP contribution in [0, 0.1) is 6.92 Å². The Kier molecular flexibility index (Phi) is 3.84. The zero-order valence-electron chi connectivity index (χ0n) is 8.56. The van der Waals surface area contributed by atoms with Gasteiger partial charge in [0.25, 0.3) is 5.91 Å². The minimum Gasteiger partial charge on any atom is -0.507 e. The maximum Gasteiger partial charge on any atom is 0.332 e. The van der Waals surface area contributed by atoms with Crippen LogP contribution in [0.2, 0.25) is 0 Å². The molecule has 1 amide bonds. The van der Waals surface area contributed by atoms with Crippen molar-refractivity contribution in [3.05, 3.63) is 29.3 Å². The Balaban J connectivity index is 2.66. The zero-order chi connectivity index (χ0) is 12.1. The molecule has 0 spiro atoms. The van der Waals surface area contributed by atoms with E-state index in [0.29, 0.717) is 5.56 Å². The van der Waals surface area contributed by atoms with Gasteiger partial charge in [0, 0.05) is 0 Å². The molecule has 0 aliphatic carbocycles. The van der Waals surface area contributed by atoms with Crippen molar-refractivity contribution in [2.45, 2.75) is 6.92 Å². The Labute approximate surface area is 91.4 Å². The lowest BCUT2D eigenvalue weighted by Gasteiger charge is -2.07. The lowest BCUT2D eigenvalue weighted by atomic mass is 10.1. The summed E-state index contributed by atoms with van der Waals surface area (Å²) in [5.41, 5.74) is 2.50. The third kappa shape index (κ3) is 2.96. The maximum atomic E-state index is 11.4. The van der Waals surface area contributed by atoms with E-state index in [2.05, 4.69) is 4.84 Å². The molecule has 1 rings (SSSR count). The van der Waals surface area contributed by atoms with Crippen molar-refractivity contribution in [2.24, 2.45) is 0 Å². The number of hydroxylamine groups is 1. The fourth-order valence-electron chi connectivity index (χ4n) is 1.06. The quantitative estimate of drug-likeness (QED) is 0.646. The van der Waals surface area contributed by atoms with E-state index in [1.807, 2.05) is 5.48 Å². The summed E-state index contributed by atoms with van der Waals surface area (Å²) >= 11 is 0. The van der Waals surface area contributed by atoms with Gasteiger partial charge in [-0.25, -0.2) is 10.3 Å². The molecule has 0 bridgehead atoms. The van der Waals surface area contributed by atoms with Crippen molar-refractivity contribution in [3.63, 3.8) is 0 Å². The Morgan fingerprint density at radius 3 is 2.75 bits per heavy atom. The summed E-state index contributed by atoms with van der Waals surface area (Å²) in [6.07, 6.45) is 0. The standard InChI is InChI=1S/C10H11NO5/c1-6-3-2-4-7(9(6)14)10(15)11-16-5-8(12)13/h2-4,14H,5H2,1H3,(H,11,15)(H,12,13). The fourth-order valence-corrected chi connectivity index (χ4v) is 1.06. The molecule has 0 aliphatic heterocycles. The number of para-hydroxylation sites is 1. The first-order chi connectivity index (χ1) is 7.52. The predicted octanol–water partition coefficient (Wildman–Crippen LogP) is 0.447. The van der Waals surface area contributed by atoms with Crippen LogP contribution in [0.4, 0.5) is 0 Å². The van der Waals surface area contributed by atoms with Gasteiger partial charge in [-0.05, 0) is 18.6 Å². The number of nitrogens with one attached hydrogen (secondary N) is 1. The molecular formula is C10H11NO5. The first-order valence-corrected chi connectivity index (χ1v) is 4.45. The number of carboxylic acid groups (broad SMARTS) is 1. The number of benzene rings is 1. The molecule has 0 saturated carbocycles. The predicted molar refractivity (Wildman–Crippen MR) is 53.9 cm³/mol. The molecule has 0 aromatic heterocycles. The Morgan fingerprint density at radius 1 is 1.44 bits per heavy atom. The van der Waals surface area contributed by atoms with Crippen LogP contribution in [0.15, 0.2) is 18.2 Å². The van der Waals surface area contributed by atoms with Crippen LogP contribution in [-0.2, 0) is 9.63 Å². The molecule has 1 aromatic rings. The largest absolute Gasteiger partial charge is 0.507 e. The van der Waals surface area contributed by atoms with Crippen LogP contribution in [0.3, 0.4) is 0 Å². The second-order valence-corrected chi connectivity index (χ2v) is 3.08. The minimum absolute atomic E-state index is 0.0328. The van der Waals surface area contributed by atoms with E-state index < -0.39 is 18.5 Å². The maximum absolute atomic E-state index is 11.4. The van der Waals surface area contributed by atoms with Crippen LogP contribution < -0.4 is 5.48 Å². The van der Waals surface area contributed by atoms with Crippen molar-refractivity contribution in [1.82, 2.24) is 5.48 Å². The van der Waals surface area contributed by atoms with Gasteiger partial charge in [-0.15, -0.1) is 0 Å². The van der Waals surface area contributed by atoms with Crippen LogP contribution in [-0.4, -0.2) is 28.7 Å². The number of aromatic hydroxyl groups is 1. The zero-order valence-corrected chi connectivity index (χ0v) is 8.56. The van der Waals surface area contributed by atoms with Crippen molar-refractivity contribution >= 4 is 11.9 Å². The summed E-state index contributed by atoms with van der Waals surface area (Å²) in [5, 5.41) is 17.8. The third-order valence-corrected chi connectivity index (χ3v) is 1.84. The second-order valence-electron chi connectivity index (χ2n) is 3.08. The van der Waals surface area contributed by atoms with Crippen LogP contribution in [0.25, 0.3) is 0 Å². The van der Waals surface area contributed by atoms with E-state index in [1.54, 1.807) is 19.1 Å². The van der Waals surface area contributed by atoms with Crippen molar-refractivity contribution in [2.75, 3.05) is 6.61 Å². The number of aliphatic carboxylic acids is 1. The van der Waals surface area contributed by atoms with Gasteiger partial charge in [-0.1, -0.05) is 12.1 Å². The smallest absolute Gasteiger partial charge is 0.332 e. The number of phenols is 1. The number of carbonyl (C=O) groups excluding carboxylic acids is 1. The topological polar surface area (TPSA) is 95.9 Å². The Morgan fingerprint density at radius 2 is 2.12 bits per heavy atom. The molecule has 3 N–H and O–H groups in total. The van der Waals surface area contributed by atoms with Crippen LogP contribution in [0.5, 0.6) is 5.75 Å². The first kappa shape index (κ1) is 12.0. The van der Waals surface area contributed by atoms with Gasteiger partial charge in [0.1, 0.15) is 5.75 Å². The molecule has 16 heavy (non-hydrogen) atoms. The molecule has 86 valence electrons. The van der Waals surface area contributed by atoms with Gasteiger partial charge in [0.05, 0.1) is 5.56 Å². The van der Waals surface area contributed by atoms with Crippen molar-refractivity contribution in [1.29, 1.82) is 0 Å². The summed E-state index contributed by atoms with van der Waals surface area (Å²) in [7, 11) is 0. The van der Waals surface area contributed by atoms with Crippen LogP contribution in [0.1, 0.15) is 15.9 Å². The summed E-state index contributed by atoms with van der Waals surface area (Å²) in [6.45, 7) is 1.00. The molecule has 0 atom stereocenters. The lowest BCUT2D eigenvalue weighted by Crippen LogP contribution is -2.26. The monoisotopic (exact) mass is 225 g/mol. The normalized spacial score (nSPS) is 9.81. The SMILES string of the molecule is Cc1cccc(C(=O)NOCC(=O)O)c1O. The van der Waals surface area contributed by atoms with Crippen molar-refractivity contribution < 1.29 is 24.6 Å². The number of phenolic OH excluding ortho intramolecular Hbond substituents is 1. The molecular weight excluding hydrogens is 214 g/mol. The minimum atomic E-state index is -1.20. The molecule has 0 heterocycles. The highest BCUT2D eigenvalue weighted by Gasteiger charge is 2.12. The highest BCUT2D eigenvalue weighted by atomic mass is 16.7. The number of aryl methyl sites for hydroxylation is 1. The van der Waals surface area contributed by atoms with Gasteiger partial charge in [0.15, 0.2) is 6.61 Å². The molecule has 0 unspecified atom stereocenters. The number of carbonyl (C=O) groups is 2. The van der Waals surface area contributed by atoms with E-state index in [1.165, 1.54) is 6.07 Å². The number of hydrogen-bond donors (Lipinski definition) is 3. The lowest BCUT2D eigenvalue weighted by molar-refractivity contribution is -0.144. The molecule has 0 fully saturated rings. The van der Waals surface area contributed by atoms with E-state index in [-0.39, 0.29) is 11.3 Å². The number of amides is 1. The van der Waals surface area contributed by atoms with E-state index in [0.717, 1.165) is 0 Å². The molecule has 0 saturated heterocycles. The van der Waals surface area contributed by atoms with Crippen molar-refractivity contribution in [3.8, 4) is 5.75 Å². The molecule has 0 radical (unpaired) electrons. The summed E-state index contributed by atoms with van der Waals surface area (Å²) in [5.74, 6) is -2.05. The van der Waals surface area contributed by atoms with E-state index >= 15 is 0 Å². The molecule has 1 aromatic carbocycles. The second kappa shape index (κ2) is 5.13. The molecule has 6 heteroatoms. The fraction of sp³-hybridized carbons (Fsp3) is 0.200. The average Bonchev–Trinajstić information content (AvgIpc) is 2.21. The highest BCUT2D eigenvalue weighted by molar-refractivity contribution is 5.96. The first-order valence-electron chi connectivity index (χ1n) is 4.45. The summed E-state index contributed by atoms with van der Waals surface area (Å²) < 4.78 is 0. The number of hydrogen-bond acceptors (Lipinski definition) is 4. The van der Waals surface area contributed by atoms with E-state index in [9.17, 15) is 14.7 Å².